The van der Waals surface area contributed by atoms with E-state index in [-0.39, 0.29) is 24.4 Å². The van der Waals surface area contributed by atoms with E-state index in [1.165, 1.54) is 11.0 Å². The number of nitrogens with zero attached hydrogens (tertiary/aromatic N) is 3. The number of hydrogen-bond donors (Lipinski definition) is 1. The first-order valence-electron chi connectivity index (χ1n) is 7.87. The second-order valence-electron chi connectivity index (χ2n) is 5.70. The summed E-state index contributed by atoms with van der Waals surface area (Å²) in [4.78, 5) is 40.5. The molecule has 0 bridgehead atoms. The van der Waals surface area contributed by atoms with Gasteiger partial charge in [-0.1, -0.05) is 18.2 Å². The van der Waals surface area contributed by atoms with E-state index in [0.29, 0.717) is 36.9 Å². The van der Waals surface area contributed by atoms with Gasteiger partial charge in [0.25, 0.3) is 0 Å². The van der Waals surface area contributed by atoms with E-state index in [9.17, 15) is 14.4 Å². The number of anilines is 1. The van der Waals surface area contributed by atoms with Crippen LogP contribution in [-0.2, 0) is 9.59 Å². The Kier molecular flexibility index (Phi) is 6.41. The van der Waals surface area contributed by atoms with Gasteiger partial charge in [0, 0.05) is 43.9 Å². The number of rotatable bonds is 4. The third-order valence-electron chi connectivity index (χ3n) is 3.94. The van der Waals surface area contributed by atoms with Gasteiger partial charge in [0.2, 0.25) is 11.8 Å². The van der Waals surface area contributed by atoms with Crippen molar-refractivity contribution in [3.63, 3.8) is 0 Å². The van der Waals surface area contributed by atoms with Gasteiger partial charge in [0.15, 0.2) is 0 Å². The molecule has 1 aliphatic rings. The van der Waals surface area contributed by atoms with Crippen LogP contribution in [0.2, 0.25) is 5.02 Å². The number of hydrogen-bond acceptors (Lipinski definition) is 3. The largest absolute Gasteiger partial charge is 0.338 e. The van der Waals surface area contributed by atoms with Gasteiger partial charge in [0.1, 0.15) is 0 Å². The zero-order valence-electron chi connectivity index (χ0n) is 14.1. The van der Waals surface area contributed by atoms with Crippen molar-refractivity contribution in [3.8, 4) is 0 Å². The SMILES string of the molecule is C=CC(=O)N(C)CC(=O)N1CCN(C(=O)Nc2ccc(Cl)cc2)CC1. The number of amides is 4. The van der Waals surface area contributed by atoms with Crippen molar-refractivity contribution in [2.24, 2.45) is 0 Å². The van der Waals surface area contributed by atoms with E-state index >= 15 is 0 Å². The van der Waals surface area contributed by atoms with Gasteiger partial charge in [-0.2, -0.15) is 0 Å². The molecule has 0 aromatic heterocycles. The lowest BCUT2D eigenvalue weighted by atomic mass is 10.3. The topological polar surface area (TPSA) is 73.0 Å². The normalized spacial score (nSPS) is 14.0. The maximum Gasteiger partial charge on any atom is 0.321 e. The molecule has 1 aromatic rings. The molecule has 1 aromatic carbocycles. The monoisotopic (exact) mass is 364 g/mol. The van der Waals surface area contributed by atoms with E-state index in [1.807, 2.05) is 0 Å². The Morgan fingerprint density at radius 2 is 1.72 bits per heavy atom. The minimum Gasteiger partial charge on any atom is -0.338 e. The summed E-state index contributed by atoms with van der Waals surface area (Å²) in [7, 11) is 1.55. The lowest BCUT2D eigenvalue weighted by Gasteiger charge is -2.35. The van der Waals surface area contributed by atoms with Crippen molar-refractivity contribution in [2.45, 2.75) is 0 Å². The molecule has 2 rings (SSSR count). The summed E-state index contributed by atoms with van der Waals surface area (Å²) in [5, 5.41) is 3.40. The van der Waals surface area contributed by atoms with Crippen LogP contribution in [0.15, 0.2) is 36.9 Å². The van der Waals surface area contributed by atoms with Crippen LogP contribution in [0.5, 0.6) is 0 Å². The van der Waals surface area contributed by atoms with Gasteiger partial charge >= 0.3 is 6.03 Å². The summed E-state index contributed by atoms with van der Waals surface area (Å²) in [5.74, 6) is -0.440. The fourth-order valence-corrected chi connectivity index (χ4v) is 2.56. The Morgan fingerprint density at radius 3 is 2.28 bits per heavy atom. The van der Waals surface area contributed by atoms with E-state index in [1.54, 1.807) is 41.1 Å². The second-order valence-corrected chi connectivity index (χ2v) is 6.14. The van der Waals surface area contributed by atoms with Crippen LogP contribution in [0.25, 0.3) is 0 Å². The second kappa shape index (κ2) is 8.53. The molecule has 1 N–H and O–H groups in total. The van der Waals surface area contributed by atoms with Crippen molar-refractivity contribution in [1.29, 1.82) is 0 Å². The first-order valence-corrected chi connectivity index (χ1v) is 8.25. The molecule has 0 saturated carbocycles. The molecule has 0 unspecified atom stereocenters. The summed E-state index contributed by atoms with van der Waals surface area (Å²) in [6.07, 6.45) is 1.17. The van der Waals surface area contributed by atoms with Gasteiger partial charge in [-0.3, -0.25) is 9.59 Å². The van der Waals surface area contributed by atoms with Crippen LogP contribution in [0.3, 0.4) is 0 Å². The number of carbonyl (C=O) groups excluding carboxylic acids is 3. The van der Waals surface area contributed by atoms with Gasteiger partial charge in [0.05, 0.1) is 6.54 Å². The summed E-state index contributed by atoms with van der Waals surface area (Å²) in [5.41, 5.74) is 0.664. The number of nitrogens with one attached hydrogen (secondary N) is 1. The average Bonchev–Trinajstić information content (AvgIpc) is 2.62. The lowest BCUT2D eigenvalue weighted by Crippen LogP contribution is -2.53. The number of halogens is 1. The predicted octanol–water partition coefficient (Wildman–Crippen LogP) is 1.66. The molecule has 4 amide bonds. The summed E-state index contributed by atoms with van der Waals surface area (Å²) >= 11 is 5.82. The van der Waals surface area contributed by atoms with E-state index in [0.717, 1.165) is 0 Å². The molecule has 1 heterocycles. The molecule has 25 heavy (non-hydrogen) atoms. The quantitative estimate of drug-likeness (QED) is 0.826. The van der Waals surface area contributed by atoms with Crippen LogP contribution in [-0.4, -0.2) is 72.3 Å². The Balaban J connectivity index is 1.81. The fraction of sp³-hybridized carbons (Fsp3) is 0.353. The minimum atomic E-state index is -0.297. The van der Waals surface area contributed by atoms with E-state index in [4.69, 9.17) is 11.6 Å². The van der Waals surface area contributed by atoms with Crippen molar-refractivity contribution in [2.75, 3.05) is 45.1 Å². The minimum absolute atomic E-state index is 0.00181. The van der Waals surface area contributed by atoms with Crippen LogP contribution in [0, 0.1) is 0 Å². The Morgan fingerprint density at radius 1 is 1.16 bits per heavy atom. The number of carbonyl (C=O) groups is 3. The molecule has 1 saturated heterocycles. The molecule has 7 nitrogen and oxygen atoms in total. The van der Waals surface area contributed by atoms with Gasteiger partial charge in [-0.15, -0.1) is 0 Å². The third-order valence-corrected chi connectivity index (χ3v) is 4.19. The molecule has 1 aliphatic heterocycles. The zero-order chi connectivity index (χ0) is 18.4. The van der Waals surface area contributed by atoms with Crippen molar-refractivity contribution in [1.82, 2.24) is 14.7 Å². The molecular formula is C17H21ClN4O3. The third kappa shape index (κ3) is 5.22. The molecule has 1 fully saturated rings. The lowest BCUT2D eigenvalue weighted by molar-refractivity contribution is -0.138. The predicted molar refractivity (Wildman–Crippen MR) is 96.5 cm³/mol. The molecule has 0 aliphatic carbocycles. The zero-order valence-corrected chi connectivity index (χ0v) is 14.8. The molecule has 134 valence electrons. The first kappa shape index (κ1) is 18.8. The van der Waals surface area contributed by atoms with Crippen molar-refractivity contribution in [3.05, 3.63) is 41.9 Å². The van der Waals surface area contributed by atoms with Gasteiger partial charge in [-0.25, -0.2) is 4.79 Å². The highest BCUT2D eigenvalue weighted by atomic mass is 35.5. The van der Waals surface area contributed by atoms with Crippen LogP contribution in [0.4, 0.5) is 10.5 Å². The van der Waals surface area contributed by atoms with Crippen LogP contribution in [0.1, 0.15) is 0 Å². The molecule has 0 atom stereocenters. The number of piperazine rings is 1. The van der Waals surface area contributed by atoms with Gasteiger partial charge in [-0.05, 0) is 30.3 Å². The number of benzene rings is 1. The van der Waals surface area contributed by atoms with Crippen LogP contribution < -0.4 is 5.32 Å². The maximum absolute atomic E-state index is 12.2. The van der Waals surface area contributed by atoms with Gasteiger partial charge < -0.3 is 20.0 Å². The standard InChI is InChI=1S/C17H21ClN4O3/c1-3-15(23)20(2)12-16(24)21-8-10-22(11-9-21)17(25)19-14-6-4-13(18)5-7-14/h3-7H,1,8-12H2,2H3,(H,19,25). The smallest absolute Gasteiger partial charge is 0.321 e. The summed E-state index contributed by atoms with van der Waals surface area (Å²) in [6, 6.07) is 6.65. The van der Waals surface area contributed by atoms with Crippen LogP contribution >= 0.6 is 11.6 Å². The maximum atomic E-state index is 12.2. The summed E-state index contributed by atoms with van der Waals surface area (Å²) < 4.78 is 0. The average molecular weight is 365 g/mol. The number of likely N-dealkylation sites (N-methyl/N-ethyl adjacent to an activating group) is 1. The Hall–Kier alpha value is -2.54. The molecule has 0 radical (unpaired) electrons. The number of urea groups is 1. The molecular weight excluding hydrogens is 344 g/mol. The Bertz CT molecular complexity index is 654. The first-order chi connectivity index (χ1) is 11.9. The highest BCUT2D eigenvalue weighted by molar-refractivity contribution is 6.30. The highest BCUT2D eigenvalue weighted by Crippen LogP contribution is 2.14. The van der Waals surface area contributed by atoms with E-state index < -0.39 is 0 Å². The molecule has 0 spiro atoms. The molecule has 8 heteroatoms. The van der Waals surface area contributed by atoms with Crippen molar-refractivity contribution < 1.29 is 14.4 Å². The van der Waals surface area contributed by atoms with E-state index in [2.05, 4.69) is 11.9 Å². The fourth-order valence-electron chi connectivity index (χ4n) is 2.43. The Labute approximate surface area is 151 Å². The summed E-state index contributed by atoms with van der Waals surface area (Å²) in [6.45, 7) is 5.13. The van der Waals surface area contributed by atoms with Crippen molar-refractivity contribution >= 4 is 35.1 Å². The highest BCUT2D eigenvalue weighted by Gasteiger charge is 2.25.